The minimum Gasteiger partial charge on any atom is -0.497 e. The van der Waals surface area contributed by atoms with Gasteiger partial charge in [0, 0.05) is 10.4 Å². The topological polar surface area (TPSA) is 46.5 Å². The Morgan fingerprint density at radius 3 is 2.56 bits per heavy atom. The van der Waals surface area contributed by atoms with Crippen molar-refractivity contribution < 1.29 is 14.6 Å². The van der Waals surface area contributed by atoms with Crippen molar-refractivity contribution >= 4 is 17.6 Å². The smallest absolute Gasteiger partial charge is 0.304 e. The molecular formula is C12H15ClO3. The van der Waals surface area contributed by atoms with Crippen molar-refractivity contribution in [1.82, 2.24) is 0 Å². The molecule has 0 saturated heterocycles. The number of benzene rings is 1. The zero-order chi connectivity index (χ0) is 12.3. The largest absolute Gasteiger partial charge is 0.497 e. The highest BCUT2D eigenvalue weighted by molar-refractivity contribution is 6.30. The minimum absolute atomic E-state index is 0.0521. The van der Waals surface area contributed by atoms with Crippen LogP contribution < -0.4 is 4.74 Å². The summed E-state index contributed by atoms with van der Waals surface area (Å²) in [4.78, 5) is 10.8. The molecule has 1 N–H and O–H groups in total. The van der Waals surface area contributed by atoms with Gasteiger partial charge in [0.05, 0.1) is 13.5 Å². The molecule has 0 radical (unpaired) electrons. The number of ether oxygens (including phenoxy) is 1. The van der Waals surface area contributed by atoms with E-state index in [1.807, 2.05) is 19.9 Å². The zero-order valence-electron chi connectivity index (χ0n) is 9.58. The van der Waals surface area contributed by atoms with Crippen molar-refractivity contribution in [2.75, 3.05) is 7.11 Å². The normalized spacial score (nSPS) is 11.2. The van der Waals surface area contributed by atoms with E-state index in [0.717, 1.165) is 5.56 Å². The van der Waals surface area contributed by atoms with Gasteiger partial charge in [0.15, 0.2) is 0 Å². The quantitative estimate of drug-likeness (QED) is 0.883. The van der Waals surface area contributed by atoms with Crippen LogP contribution in [0.5, 0.6) is 5.75 Å². The van der Waals surface area contributed by atoms with E-state index in [1.54, 1.807) is 19.2 Å². The van der Waals surface area contributed by atoms with Gasteiger partial charge in [0.1, 0.15) is 5.75 Å². The highest BCUT2D eigenvalue weighted by Crippen LogP contribution is 2.32. The van der Waals surface area contributed by atoms with E-state index in [9.17, 15) is 4.79 Å². The monoisotopic (exact) mass is 242 g/mol. The van der Waals surface area contributed by atoms with Gasteiger partial charge in [-0.3, -0.25) is 4.79 Å². The average molecular weight is 243 g/mol. The van der Waals surface area contributed by atoms with Crippen LogP contribution in [0.4, 0.5) is 0 Å². The molecule has 88 valence electrons. The first-order valence-electron chi connectivity index (χ1n) is 4.92. The lowest BCUT2D eigenvalue weighted by Crippen LogP contribution is -2.21. The van der Waals surface area contributed by atoms with Crippen LogP contribution in [0.3, 0.4) is 0 Å². The van der Waals surface area contributed by atoms with Crippen LogP contribution in [0.15, 0.2) is 18.2 Å². The Morgan fingerprint density at radius 1 is 1.44 bits per heavy atom. The van der Waals surface area contributed by atoms with Crippen molar-refractivity contribution in [3.8, 4) is 5.75 Å². The first-order chi connectivity index (χ1) is 7.35. The summed E-state index contributed by atoms with van der Waals surface area (Å²) >= 11 is 5.94. The highest BCUT2D eigenvalue weighted by atomic mass is 35.5. The first kappa shape index (κ1) is 12.8. The van der Waals surface area contributed by atoms with Gasteiger partial charge in [0.2, 0.25) is 0 Å². The van der Waals surface area contributed by atoms with Crippen molar-refractivity contribution in [2.24, 2.45) is 0 Å². The van der Waals surface area contributed by atoms with Gasteiger partial charge in [-0.1, -0.05) is 25.4 Å². The maximum absolute atomic E-state index is 10.8. The summed E-state index contributed by atoms with van der Waals surface area (Å²) in [5, 5.41) is 9.39. The molecule has 0 atom stereocenters. The number of carbonyl (C=O) groups is 1. The Labute approximate surface area is 100.0 Å². The molecule has 0 fully saturated rings. The van der Waals surface area contributed by atoms with Crippen molar-refractivity contribution in [3.05, 3.63) is 28.8 Å². The molecule has 0 saturated carbocycles. The van der Waals surface area contributed by atoms with Gasteiger partial charge in [-0.2, -0.15) is 0 Å². The molecule has 0 aliphatic carbocycles. The molecule has 0 spiro atoms. The molecule has 1 aromatic carbocycles. The maximum atomic E-state index is 10.8. The lowest BCUT2D eigenvalue weighted by Gasteiger charge is -2.23. The molecule has 0 aliphatic rings. The van der Waals surface area contributed by atoms with Gasteiger partial charge in [-0.15, -0.1) is 0 Å². The third kappa shape index (κ3) is 3.14. The van der Waals surface area contributed by atoms with Crippen LogP contribution in [-0.4, -0.2) is 18.2 Å². The molecule has 0 aliphatic heterocycles. The summed E-state index contributed by atoms with van der Waals surface area (Å²) in [6.07, 6.45) is 0.0521. The van der Waals surface area contributed by atoms with Gasteiger partial charge >= 0.3 is 5.97 Å². The molecule has 3 nitrogen and oxygen atoms in total. The van der Waals surface area contributed by atoms with Crippen LogP contribution in [0, 0.1) is 0 Å². The van der Waals surface area contributed by atoms with Crippen molar-refractivity contribution in [3.63, 3.8) is 0 Å². The lowest BCUT2D eigenvalue weighted by molar-refractivity contribution is -0.138. The van der Waals surface area contributed by atoms with E-state index in [-0.39, 0.29) is 6.42 Å². The van der Waals surface area contributed by atoms with E-state index < -0.39 is 11.4 Å². The third-order valence-electron chi connectivity index (χ3n) is 2.48. The summed E-state index contributed by atoms with van der Waals surface area (Å²) in [6.45, 7) is 3.73. The number of carboxylic acids is 1. The summed E-state index contributed by atoms with van der Waals surface area (Å²) in [7, 11) is 1.56. The number of carboxylic acid groups (broad SMARTS) is 1. The molecule has 0 heterocycles. The fourth-order valence-corrected chi connectivity index (χ4v) is 1.78. The molecule has 0 aromatic heterocycles. The molecule has 1 aromatic rings. The fraction of sp³-hybridized carbons (Fsp3) is 0.417. The summed E-state index contributed by atoms with van der Waals surface area (Å²) in [6, 6.07) is 5.28. The van der Waals surface area contributed by atoms with Gasteiger partial charge in [-0.25, -0.2) is 0 Å². The number of aliphatic carboxylic acids is 1. The zero-order valence-corrected chi connectivity index (χ0v) is 10.3. The second-order valence-electron chi connectivity index (χ2n) is 4.33. The number of hydrogen-bond donors (Lipinski definition) is 1. The molecule has 16 heavy (non-hydrogen) atoms. The lowest BCUT2D eigenvalue weighted by atomic mass is 9.81. The van der Waals surface area contributed by atoms with E-state index in [4.69, 9.17) is 21.4 Å². The highest BCUT2D eigenvalue weighted by Gasteiger charge is 2.25. The summed E-state index contributed by atoms with van der Waals surface area (Å²) in [5.41, 5.74) is 0.392. The summed E-state index contributed by atoms with van der Waals surface area (Å²) in [5.74, 6) is -0.190. The Kier molecular flexibility index (Phi) is 3.81. The maximum Gasteiger partial charge on any atom is 0.304 e. The Hall–Kier alpha value is -1.22. The first-order valence-corrected chi connectivity index (χ1v) is 5.30. The number of methoxy groups -OCH3 is 1. The number of rotatable bonds is 4. The van der Waals surface area contributed by atoms with E-state index in [2.05, 4.69) is 0 Å². The standard InChI is InChI=1S/C12H15ClO3/c1-12(2,7-11(14)15)8-4-9(13)6-10(5-8)16-3/h4-6H,7H2,1-3H3,(H,14,15). The molecule has 0 bridgehead atoms. The van der Waals surface area contributed by atoms with E-state index >= 15 is 0 Å². The SMILES string of the molecule is COc1cc(Cl)cc(C(C)(C)CC(=O)O)c1. The van der Waals surface area contributed by atoms with Gasteiger partial charge < -0.3 is 9.84 Å². The van der Waals surface area contributed by atoms with Crippen LogP contribution in [0.2, 0.25) is 5.02 Å². The molecule has 0 amide bonds. The van der Waals surface area contributed by atoms with E-state index in [1.165, 1.54) is 0 Å². The number of halogens is 1. The predicted molar refractivity (Wildman–Crippen MR) is 63.3 cm³/mol. The van der Waals surface area contributed by atoms with Crippen molar-refractivity contribution in [1.29, 1.82) is 0 Å². The van der Waals surface area contributed by atoms with Gasteiger partial charge in [0.25, 0.3) is 0 Å². The Bertz CT molecular complexity index is 399. The minimum atomic E-state index is -0.830. The fourth-order valence-electron chi connectivity index (χ4n) is 1.55. The van der Waals surface area contributed by atoms with Crippen LogP contribution in [0.25, 0.3) is 0 Å². The second kappa shape index (κ2) is 4.74. The average Bonchev–Trinajstić information content (AvgIpc) is 2.14. The van der Waals surface area contributed by atoms with Crippen LogP contribution in [-0.2, 0) is 10.2 Å². The Morgan fingerprint density at radius 2 is 2.06 bits per heavy atom. The second-order valence-corrected chi connectivity index (χ2v) is 4.77. The molecule has 4 heteroatoms. The predicted octanol–water partition coefficient (Wildman–Crippen LogP) is 3.10. The van der Waals surface area contributed by atoms with Crippen LogP contribution in [0.1, 0.15) is 25.8 Å². The Balaban J connectivity index is 3.11. The van der Waals surface area contributed by atoms with Gasteiger partial charge in [-0.05, 0) is 23.8 Å². The summed E-state index contributed by atoms with van der Waals surface area (Å²) < 4.78 is 5.10. The van der Waals surface area contributed by atoms with Crippen molar-refractivity contribution in [2.45, 2.75) is 25.7 Å². The van der Waals surface area contributed by atoms with E-state index in [0.29, 0.717) is 10.8 Å². The van der Waals surface area contributed by atoms with Crippen LogP contribution >= 0.6 is 11.6 Å². The number of hydrogen-bond acceptors (Lipinski definition) is 2. The molecule has 1 rings (SSSR count). The molecule has 0 unspecified atom stereocenters. The molecular weight excluding hydrogens is 228 g/mol. The third-order valence-corrected chi connectivity index (χ3v) is 2.70.